The van der Waals surface area contributed by atoms with Gasteiger partial charge < -0.3 is 5.32 Å². The van der Waals surface area contributed by atoms with Gasteiger partial charge in [0.25, 0.3) is 0 Å². The highest BCUT2D eigenvalue weighted by molar-refractivity contribution is 5.22. The molecule has 2 rings (SSSR count). The molecule has 1 heterocycles. The smallest absolute Gasteiger partial charge is 0.131 e. The lowest BCUT2D eigenvalue weighted by Gasteiger charge is -2.24. The predicted molar refractivity (Wildman–Crippen MR) is 70.2 cm³/mol. The number of hydrogen-bond donors (Lipinski definition) is 1. The van der Waals surface area contributed by atoms with E-state index in [1.165, 1.54) is 17.7 Å². The van der Waals surface area contributed by atoms with Gasteiger partial charge in [0.2, 0.25) is 0 Å². The van der Waals surface area contributed by atoms with E-state index in [9.17, 15) is 0 Å². The molecule has 17 heavy (non-hydrogen) atoms. The molecule has 0 radical (unpaired) electrons. The Bertz CT molecular complexity index is 374. The molecule has 0 bridgehead atoms. The van der Waals surface area contributed by atoms with Gasteiger partial charge in [-0.25, -0.2) is 9.97 Å². The third-order valence-corrected chi connectivity index (χ3v) is 3.47. The largest absolute Gasteiger partial charge is 0.317 e. The highest BCUT2D eigenvalue weighted by atomic mass is 14.9. The van der Waals surface area contributed by atoms with E-state index >= 15 is 0 Å². The number of aromatic nitrogens is 2. The van der Waals surface area contributed by atoms with Gasteiger partial charge in [-0.05, 0) is 43.8 Å². The van der Waals surface area contributed by atoms with Gasteiger partial charge in [-0.2, -0.15) is 0 Å². The molecule has 0 aromatic carbocycles. The summed E-state index contributed by atoms with van der Waals surface area (Å²) in [4.78, 5) is 9.17. The Labute approximate surface area is 104 Å². The van der Waals surface area contributed by atoms with Crippen molar-refractivity contribution >= 4 is 0 Å². The van der Waals surface area contributed by atoms with Crippen molar-refractivity contribution in [1.29, 1.82) is 0 Å². The molecule has 0 amide bonds. The van der Waals surface area contributed by atoms with Crippen molar-refractivity contribution in [2.45, 2.75) is 46.0 Å². The van der Waals surface area contributed by atoms with E-state index in [0.29, 0.717) is 5.92 Å². The van der Waals surface area contributed by atoms with E-state index in [4.69, 9.17) is 4.98 Å². The van der Waals surface area contributed by atoms with Crippen LogP contribution in [0.3, 0.4) is 0 Å². The zero-order valence-electron chi connectivity index (χ0n) is 11.2. The molecule has 0 aliphatic heterocycles. The molecule has 1 N–H and O–H groups in total. The Kier molecular flexibility index (Phi) is 4.11. The van der Waals surface area contributed by atoms with Crippen molar-refractivity contribution in [2.75, 3.05) is 13.1 Å². The summed E-state index contributed by atoms with van der Waals surface area (Å²) in [6.07, 6.45) is 5.57. The van der Waals surface area contributed by atoms with E-state index in [0.717, 1.165) is 37.7 Å². The maximum Gasteiger partial charge on any atom is 0.131 e. The van der Waals surface area contributed by atoms with Gasteiger partial charge in [0.1, 0.15) is 5.82 Å². The zero-order chi connectivity index (χ0) is 12.3. The third-order valence-electron chi connectivity index (χ3n) is 3.47. The number of hydrogen-bond acceptors (Lipinski definition) is 3. The minimum atomic E-state index is 0.430. The number of rotatable bonds is 4. The van der Waals surface area contributed by atoms with Crippen molar-refractivity contribution < 1.29 is 0 Å². The van der Waals surface area contributed by atoms with Gasteiger partial charge in [0, 0.05) is 17.8 Å². The minimum Gasteiger partial charge on any atom is -0.317 e. The molecule has 0 spiro atoms. The Hall–Kier alpha value is -0.960. The highest BCUT2D eigenvalue weighted by Gasteiger charge is 2.20. The number of fused-ring (bicyclic) bond motifs is 1. The van der Waals surface area contributed by atoms with Crippen molar-refractivity contribution in [3.05, 3.63) is 23.3 Å². The van der Waals surface area contributed by atoms with Crippen LogP contribution in [0.1, 0.15) is 50.2 Å². The van der Waals surface area contributed by atoms with Crippen LogP contribution in [-0.2, 0) is 12.8 Å². The lowest BCUT2D eigenvalue weighted by Crippen LogP contribution is -2.27. The van der Waals surface area contributed by atoms with Gasteiger partial charge in [0.05, 0.1) is 0 Å². The first kappa shape index (κ1) is 12.5. The average Bonchev–Trinajstić information content (AvgIpc) is 2.35. The normalized spacial score (nSPS) is 19.4. The molecule has 94 valence electrons. The minimum absolute atomic E-state index is 0.430. The molecular formula is C14H23N3. The third kappa shape index (κ3) is 3.03. The Morgan fingerprint density at radius 3 is 3.00 bits per heavy atom. The number of nitrogens with one attached hydrogen (secondary N) is 1. The molecule has 0 saturated carbocycles. The van der Waals surface area contributed by atoms with Crippen LogP contribution < -0.4 is 5.32 Å². The Balaban J connectivity index is 2.06. The van der Waals surface area contributed by atoms with Crippen molar-refractivity contribution in [3.8, 4) is 0 Å². The van der Waals surface area contributed by atoms with E-state index in [-0.39, 0.29) is 0 Å². The monoisotopic (exact) mass is 233 g/mol. The summed E-state index contributed by atoms with van der Waals surface area (Å²) in [5.74, 6) is 2.18. The highest BCUT2D eigenvalue weighted by Crippen LogP contribution is 2.24. The SMILES string of the molecule is CCNCC1CCc2nc(C(C)C)ncc2C1. The van der Waals surface area contributed by atoms with Gasteiger partial charge >= 0.3 is 0 Å². The standard InChI is InChI=1S/C14H23N3/c1-4-15-8-11-5-6-13-12(7-11)9-16-14(17-13)10(2)3/h9-11,15H,4-8H2,1-3H3. The predicted octanol–water partition coefficient (Wildman–Crippen LogP) is 2.31. The second kappa shape index (κ2) is 5.58. The fourth-order valence-electron chi connectivity index (χ4n) is 2.40. The molecule has 1 atom stereocenters. The summed E-state index contributed by atoms with van der Waals surface area (Å²) >= 11 is 0. The first-order chi connectivity index (χ1) is 8.20. The van der Waals surface area contributed by atoms with Gasteiger partial charge in [-0.3, -0.25) is 0 Å². The Morgan fingerprint density at radius 1 is 1.47 bits per heavy atom. The van der Waals surface area contributed by atoms with Gasteiger partial charge in [0.15, 0.2) is 0 Å². The summed E-state index contributed by atoms with van der Waals surface area (Å²) in [6, 6.07) is 0. The second-order valence-corrected chi connectivity index (χ2v) is 5.27. The lowest BCUT2D eigenvalue weighted by atomic mass is 9.87. The van der Waals surface area contributed by atoms with Crippen LogP contribution >= 0.6 is 0 Å². The second-order valence-electron chi connectivity index (χ2n) is 5.27. The van der Waals surface area contributed by atoms with Crippen LogP contribution in [0.5, 0.6) is 0 Å². The molecule has 1 aromatic heterocycles. The van der Waals surface area contributed by atoms with Crippen LogP contribution in [0.15, 0.2) is 6.20 Å². The lowest BCUT2D eigenvalue weighted by molar-refractivity contribution is 0.423. The van der Waals surface area contributed by atoms with Crippen LogP contribution in [0.2, 0.25) is 0 Å². The van der Waals surface area contributed by atoms with Gasteiger partial charge in [-0.1, -0.05) is 20.8 Å². The molecule has 1 aliphatic rings. The van der Waals surface area contributed by atoms with Crippen LogP contribution in [0.4, 0.5) is 0 Å². The van der Waals surface area contributed by atoms with Crippen LogP contribution in [-0.4, -0.2) is 23.1 Å². The van der Waals surface area contributed by atoms with Gasteiger partial charge in [-0.15, -0.1) is 0 Å². The zero-order valence-corrected chi connectivity index (χ0v) is 11.2. The molecule has 1 aromatic rings. The summed E-state index contributed by atoms with van der Waals surface area (Å²) in [6.45, 7) is 8.65. The van der Waals surface area contributed by atoms with E-state index in [1.54, 1.807) is 0 Å². The summed E-state index contributed by atoms with van der Waals surface area (Å²) in [5.41, 5.74) is 2.65. The van der Waals surface area contributed by atoms with Crippen molar-refractivity contribution in [1.82, 2.24) is 15.3 Å². The number of aryl methyl sites for hydroxylation is 1. The van der Waals surface area contributed by atoms with Crippen LogP contribution in [0.25, 0.3) is 0 Å². The molecular weight excluding hydrogens is 210 g/mol. The fraction of sp³-hybridized carbons (Fsp3) is 0.714. The molecule has 3 nitrogen and oxygen atoms in total. The first-order valence-electron chi connectivity index (χ1n) is 6.76. The van der Waals surface area contributed by atoms with E-state index < -0.39 is 0 Å². The maximum atomic E-state index is 4.70. The molecule has 0 fully saturated rings. The van der Waals surface area contributed by atoms with E-state index in [1.807, 2.05) is 0 Å². The molecule has 3 heteroatoms. The first-order valence-corrected chi connectivity index (χ1v) is 6.76. The Morgan fingerprint density at radius 2 is 2.29 bits per heavy atom. The van der Waals surface area contributed by atoms with E-state index in [2.05, 4.69) is 37.3 Å². The van der Waals surface area contributed by atoms with Crippen molar-refractivity contribution in [3.63, 3.8) is 0 Å². The summed E-state index contributed by atoms with van der Waals surface area (Å²) < 4.78 is 0. The maximum absolute atomic E-state index is 4.70. The van der Waals surface area contributed by atoms with Crippen molar-refractivity contribution in [2.24, 2.45) is 5.92 Å². The van der Waals surface area contributed by atoms with Crippen LogP contribution in [0, 0.1) is 5.92 Å². The topological polar surface area (TPSA) is 37.8 Å². The molecule has 1 unspecified atom stereocenters. The molecule has 0 saturated heterocycles. The summed E-state index contributed by atoms with van der Waals surface area (Å²) in [7, 11) is 0. The average molecular weight is 233 g/mol. The summed E-state index contributed by atoms with van der Waals surface area (Å²) in [5, 5.41) is 3.44. The quantitative estimate of drug-likeness (QED) is 0.867. The molecule has 1 aliphatic carbocycles. The fourth-order valence-corrected chi connectivity index (χ4v) is 2.40. The number of nitrogens with zero attached hydrogens (tertiary/aromatic N) is 2.